The largest absolute Gasteiger partial charge is 0.481 e. The van der Waals surface area contributed by atoms with Crippen LogP contribution in [0.4, 0.5) is 11.4 Å². The molecule has 0 saturated heterocycles. The van der Waals surface area contributed by atoms with Gasteiger partial charge in [0.05, 0.1) is 15.8 Å². The Labute approximate surface area is 105 Å². The summed E-state index contributed by atoms with van der Waals surface area (Å²) in [6.07, 6.45) is 0. The molecule has 0 radical (unpaired) electrons. The van der Waals surface area contributed by atoms with Crippen molar-refractivity contribution in [3.05, 3.63) is 42.9 Å². The first-order valence-electron chi connectivity index (χ1n) is 4.61. The molecule has 0 fully saturated rings. The van der Waals surface area contributed by atoms with E-state index in [0.717, 1.165) is 12.1 Å². The maximum absolute atomic E-state index is 10.9. The molecular weight excluding hydrogens is 268 g/mol. The van der Waals surface area contributed by atoms with Crippen molar-refractivity contribution in [1.82, 2.24) is 0 Å². The molecule has 8 nitrogen and oxygen atoms in total. The maximum Gasteiger partial charge on any atom is 0.310 e. The Kier molecular flexibility index (Phi) is 3.82. The minimum atomic E-state index is -1.29. The van der Waals surface area contributed by atoms with Gasteiger partial charge in [-0.25, -0.2) is 0 Å². The second kappa shape index (κ2) is 4.96. The molecule has 0 spiro atoms. The molecule has 0 aliphatic carbocycles. The molecule has 9 heteroatoms. The van der Waals surface area contributed by atoms with Crippen molar-refractivity contribution in [2.75, 3.05) is 0 Å². The van der Waals surface area contributed by atoms with E-state index in [1.165, 1.54) is 6.92 Å². The molecule has 1 atom stereocenters. The average molecular weight is 275 g/mol. The van der Waals surface area contributed by atoms with Crippen molar-refractivity contribution >= 4 is 28.9 Å². The second-order valence-electron chi connectivity index (χ2n) is 3.41. The summed E-state index contributed by atoms with van der Waals surface area (Å²) in [5.74, 6) is -2.48. The molecule has 0 aliphatic heterocycles. The molecule has 0 amide bonds. The molecule has 1 aromatic rings. The van der Waals surface area contributed by atoms with Crippen LogP contribution >= 0.6 is 11.6 Å². The molecule has 1 rings (SSSR count). The van der Waals surface area contributed by atoms with E-state index in [4.69, 9.17) is 16.7 Å². The monoisotopic (exact) mass is 274 g/mol. The Bertz CT molecular complexity index is 544. The van der Waals surface area contributed by atoms with Gasteiger partial charge in [0, 0.05) is 11.6 Å². The summed E-state index contributed by atoms with van der Waals surface area (Å²) in [6, 6.07) is 1.98. The number of nitro groups is 2. The van der Waals surface area contributed by atoms with Gasteiger partial charge in [0.25, 0.3) is 11.4 Å². The Hall–Kier alpha value is -2.22. The van der Waals surface area contributed by atoms with Crippen LogP contribution in [0.3, 0.4) is 0 Å². The highest BCUT2D eigenvalue weighted by atomic mass is 35.5. The van der Waals surface area contributed by atoms with Gasteiger partial charge in [0.15, 0.2) is 5.02 Å². The Balaban J connectivity index is 3.56. The third-order valence-corrected chi connectivity index (χ3v) is 2.72. The molecular formula is C9H7ClN2O6. The van der Waals surface area contributed by atoms with E-state index < -0.39 is 38.1 Å². The quantitative estimate of drug-likeness (QED) is 0.664. The average Bonchev–Trinajstić information content (AvgIpc) is 2.26. The molecule has 18 heavy (non-hydrogen) atoms. The van der Waals surface area contributed by atoms with Crippen LogP contribution in [0.5, 0.6) is 0 Å². The van der Waals surface area contributed by atoms with Gasteiger partial charge in [0.2, 0.25) is 0 Å². The van der Waals surface area contributed by atoms with Gasteiger partial charge >= 0.3 is 5.97 Å². The van der Waals surface area contributed by atoms with Gasteiger partial charge in [-0.2, -0.15) is 0 Å². The lowest BCUT2D eigenvalue weighted by Gasteiger charge is -2.08. The fourth-order valence-corrected chi connectivity index (χ4v) is 1.69. The number of benzene rings is 1. The first kappa shape index (κ1) is 13.8. The van der Waals surface area contributed by atoms with Crippen molar-refractivity contribution < 1.29 is 19.7 Å². The first-order chi connectivity index (χ1) is 8.27. The highest BCUT2D eigenvalue weighted by Gasteiger charge is 2.31. The van der Waals surface area contributed by atoms with E-state index in [1.54, 1.807) is 0 Å². The number of carboxylic acid groups (broad SMARTS) is 1. The van der Waals surface area contributed by atoms with Gasteiger partial charge in [-0.05, 0) is 13.0 Å². The highest BCUT2D eigenvalue weighted by Crippen LogP contribution is 2.39. The highest BCUT2D eigenvalue weighted by molar-refractivity contribution is 6.35. The summed E-state index contributed by atoms with van der Waals surface area (Å²) < 4.78 is 0. The molecule has 0 heterocycles. The van der Waals surface area contributed by atoms with Gasteiger partial charge in [-0.1, -0.05) is 11.6 Å². The van der Waals surface area contributed by atoms with Crippen molar-refractivity contribution in [3.8, 4) is 0 Å². The molecule has 1 N–H and O–H groups in total. The zero-order chi connectivity index (χ0) is 14.0. The van der Waals surface area contributed by atoms with Crippen LogP contribution in [0.15, 0.2) is 12.1 Å². The summed E-state index contributed by atoms with van der Waals surface area (Å²) in [7, 11) is 0. The fourth-order valence-electron chi connectivity index (χ4n) is 1.38. The predicted octanol–water partition coefficient (Wildman–Crippen LogP) is 2.34. The lowest BCUT2D eigenvalue weighted by Crippen LogP contribution is -2.10. The summed E-state index contributed by atoms with van der Waals surface area (Å²) in [6.45, 7) is 1.23. The van der Waals surface area contributed by atoms with Crippen molar-refractivity contribution in [2.24, 2.45) is 0 Å². The molecule has 0 aliphatic rings. The predicted molar refractivity (Wildman–Crippen MR) is 60.8 cm³/mol. The topological polar surface area (TPSA) is 124 Å². The van der Waals surface area contributed by atoms with E-state index in [0.29, 0.717) is 0 Å². The number of aliphatic carboxylic acids is 1. The summed E-state index contributed by atoms with van der Waals surface area (Å²) in [4.78, 5) is 30.5. The van der Waals surface area contributed by atoms with Crippen LogP contribution in [-0.2, 0) is 4.79 Å². The van der Waals surface area contributed by atoms with Gasteiger partial charge in [-0.3, -0.25) is 25.0 Å². The summed E-state index contributed by atoms with van der Waals surface area (Å²) in [5.41, 5.74) is -1.56. The lowest BCUT2D eigenvalue weighted by molar-refractivity contribution is -0.394. The van der Waals surface area contributed by atoms with E-state index in [1.807, 2.05) is 0 Å². The Morgan fingerprint density at radius 1 is 1.33 bits per heavy atom. The number of carboxylic acids is 1. The van der Waals surface area contributed by atoms with Crippen LogP contribution in [0.2, 0.25) is 5.02 Å². The summed E-state index contributed by atoms with van der Waals surface area (Å²) >= 11 is 5.58. The van der Waals surface area contributed by atoms with E-state index in [-0.39, 0.29) is 5.56 Å². The van der Waals surface area contributed by atoms with E-state index in [9.17, 15) is 25.0 Å². The summed E-state index contributed by atoms with van der Waals surface area (Å²) in [5, 5.41) is 29.6. The minimum Gasteiger partial charge on any atom is -0.481 e. The van der Waals surface area contributed by atoms with Gasteiger partial charge in [0.1, 0.15) is 0 Å². The minimum absolute atomic E-state index is 0.178. The number of rotatable bonds is 4. The zero-order valence-electron chi connectivity index (χ0n) is 8.99. The normalized spacial score (nSPS) is 11.9. The Morgan fingerprint density at radius 2 is 1.89 bits per heavy atom. The smallest absolute Gasteiger partial charge is 0.310 e. The maximum atomic E-state index is 10.9. The van der Waals surface area contributed by atoms with Crippen LogP contribution in [0.25, 0.3) is 0 Å². The van der Waals surface area contributed by atoms with Crippen LogP contribution in [-0.4, -0.2) is 20.9 Å². The SMILES string of the molecule is CC(C(=O)O)c1ccc([N+](=O)[O-])c(Cl)c1[N+](=O)[O-]. The third-order valence-electron chi connectivity index (χ3n) is 2.34. The first-order valence-corrected chi connectivity index (χ1v) is 4.99. The molecule has 0 saturated carbocycles. The van der Waals surface area contributed by atoms with E-state index in [2.05, 4.69) is 0 Å². The number of carbonyl (C=O) groups is 1. The molecule has 0 aromatic heterocycles. The molecule has 0 bridgehead atoms. The van der Waals surface area contributed by atoms with Crippen LogP contribution in [0.1, 0.15) is 18.4 Å². The van der Waals surface area contributed by atoms with Crippen molar-refractivity contribution in [2.45, 2.75) is 12.8 Å². The van der Waals surface area contributed by atoms with E-state index >= 15 is 0 Å². The zero-order valence-corrected chi connectivity index (χ0v) is 9.75. The molecule has 1 unspecified atom stereocenters. The van der Waals surface area contributed by atoms with Crippen LogP contribution in [0, 0.1) is 20.2 Å². The standard InChI is InChI=1S/C9H7ClN2O6/c1-4(9(13)14)5-2-3-6(11(15)16)7(10)8(5)12(17)18/h2-4H,1H3,(H,13,14). The fraction of sp³-hybridized carbons (Fsp3) is 0.222. The second-order valence-corrected chi connectivity index (χ2v) is 3.79. The number of nitro benzene ring substituents is 2. The van der Waals surface area contributed by atoms with Crippen LogP contribution < -0.4 is 0 Å². The van der Waals surface area contributed by atoms with Gasteiger partial charge < -0.3 is 5.11 Å². The Morgan fingerprint density at radius 3 is 2.28 bits per heavy atom. The molecule has 1 aromatic carbocycles. The number of nitrogens with zero attached hydrogens (tertiary/aromatic N) is 2. The van der Waals surface area contributed by atoms with Gasteiger partial charge in [-0.15, -0.1) is 0 Å². The third kappa shape index (κ3) is 2.38. The lowest BCUT2D eigenvalue weighted by atomic mass is 9.99. The number of hydrogen-bond acceptors (Lipinski definition) is 5. The number of halogens is 1. The number of hydrogen-bond donors (Lipinski definition) is 1. The van der Waals surface area contributed by atoms with Crippen molar-refractivity contribution in [1.29, 1.82) is 0 Å². The van der Waals surface area contributed by atoms with Crippen molar-refractivity contribution in [3.63, 3.8) is 0 Å². The molecule has 96 valence electrons.